The molecule has 0 saturated heterocycles. The van der Waals surface area contributed by atoms with Crippen molar-refractivity contribution in [3.8, 4) is 5.75 Å². The highest BCUT2D eigenvalue weighted by Gasteiger charge is 2.28. The van der Waals surface area contributed by atoms with Crippen LogP contribution in [0.15, 0.2) is 42.6 Å². The molecule has 160 valence electrons. The van der Waals surface area contributed by atoms with Gasteiger partial charge in [0.15, 0.2) is 0 Å². The van der Waals surface area contributed by atoms with Gasteiger partial charge in [0.2, 0.25) is 0 Å². The lowest BCUT2D eigenvalue weighted by molar-refractivity contribution is -0.136. The van der Waals surface area contributed by atoms with Crippen LogP contribution < -0.4 is 4.74 Å². The maximum atomic E-state index is 13.2. The van der Waals surface area contributed by atoms with Crippen LogP contribution in [0.1, 0.15) is 28.5 Å². The molecule has 1 aromatic heterocycles. The van der Waals surface area contributed by atoms with E-state index in [0.29, 0.717) is 35.0 Å². The maximum Gasteiger partial charge on any atom is 0.341 e. The van der Waals surface area contributed by atoms with Crippen molar-refractivity contribution in [2.24, 2.45) is 0 Å². The van der Waals surface area contributed by atoms with Gasteiger partial charge in [-0.25, -0.2) is 4.79 Å². The fourth-order valence-corrected chi connectivity index (χ4v) is 4.19. The number of esters is 1. The summed E-state index contributed by atoms with van der Waals surface area (Å²) in [7, 11) is 1.60. The summed E-state index contributed by atoms with van der Waals surface area (Å²) in [6, 6.07) is 10.4. The van der Waals surface area contributed by atoms with E-state index in [1.54, 1.807) is 26.2 Å². The van der Waals surface area contributed by atoms with Gasteiger partial charge in [-0.3, -0.25) is 4.79 Å². The van der Waals surface area contributed by atoms with Crippen LogP contribution in [0.25, 0.3) is 16.5 Å². The number of fused-ring (bicyclic) bond motifs is 3. The molecule has 0 unspecified atom stereocenters. The number of nitrogens with one attached hydrogen (secondary N) is 1. The lowest BCUT2D eigenvalue weighted by Gasteiger charge is -2.18. The van der Waals surface area contributed by atoms with Crippen LogP contribution in [0.4, 0.5) is 0 Å². The number of aromatic amines is 1. The monoisotopic (exact) mass is 458 g/mol. The Kier molecular flexibility index (Phi) is 5.94. The zero-order valence-electron chi connectivity index (χ0n) is 17.0. The Morgan fingerprint density at radius 1 is 1.16 bits per heavy atom. The highest BCUT2D eigenvalue weighted by molar-refractivity contribution is 6.36. The Balaban J connectivity index is 1.81. The Hall–Kier alpha value is -2.96. The predicted molar refractivity (Wildman–Crippen MR) is 121 cm³/mol. The van der Waals surface area contributed by atoms with Gasteiger partial charge in [0, 0.05) is 28.7 Å². The summed E-state index contributed by atoms with van der Waals surface area (Å²) in [4.78, 5) is 30.8. The molecular formula is C23H20Cl2N2O4. The van der Waals surface area contributed by atoms with Gasteiger partial charge >= 0.3 is 5.97 Å². The van der Waals surface area contributed by atoms with Gasteiger partial charge in [-0.05, 0) is 55.3 Å². The predicted octanol–water partition coefficient (Wildman–Crippen LogP) is 5.09. The zero-order chi connectivity index (χ0) is 22.1. The van der Waals surface area contributed by atoms with Gasteiger partial charge in [-0.15, -0.1) is 0 Å². The number of benzene rings is 2. The lowest BCUT2D eigenvalue weighted by Crippen LogP contribution is -2.28. The molecule has 0 aliphatic carbocycles. The minimum atomic E-state index is -0.510. The first-order valence-electron chi connectivity index (χ1n) is 9.76. The minimum absolute atomic E-state index is 0.219. The van der Waals surface area contributed by atoms with Gasteiger partial charge in [0.25, 0.3) is 5.91 Å². The molecule has 3 aromatic rings. The summed E-state index contributed by atoms with van der Waals surface area (Å²) in [6.07, 6.45) is 2.06. The molecule has 0 radical (unpaired) electrons. The highest BCUT2D eigenvalue weighted by Crippen LogP contribution is 2.34. The highest BCUT2D eigenvalue weighted by atomic mass is 35.5. The average Bonchev–Trinajstić information content (AvgIpc) is 2.99. The molecule has 0 saturated carbocycles. The number of ether oxygens (including phenoxy) is 2. The Labute approximate surface area is 189 Å². The fraction of sp³-hybridized carbons (Fsp3) is 0.217. The van der Waals surface area contributed by atoms with Crippen LogP contribution in [0.2, 0.25) is 10.0 Å². The van der Waals surface area contributed by atoms with Crippen molar-refractivity contribution in [1.82, 2.24) is 9.88 Å². The van der Waals surface area contributed by atoms with Crippen LogP contribution in [-0.4, -0.2) is 42.0 Å². The van der Waals surface area contributed by atoms with E-state index in [4.69, 9.17) is 32.7 Å². The Bertz CT molecular complexity index is 1220. The molecule has 2 heterocycles. The molecule has 1 aliphatic heterocycles. The number of methoxy groups -OCH3 is 1. The molecule has 6 nitrogen and oxygen atoms in total. The summed E-state index contributed by atoms with van der Waals surface area (Å²) in [5, 5.41) is 1.63. The van der Waals surface area contributed by atoms with Crippen molar-refractivity contribution in [2.45, 2.75) is 13.3 Å². The molecular weight excluding hydrogens is 439 g/mol. The van der Waals surface area contributed by atoms with E-state index in [0.717, 1.165) is 16.5 Å². The zero-order valence-corrected chi connectivity index (χ0v) is 18.5. The van der Waals surface area contributed by atoms with Crippen LogP contribution in [0.3, 0.4) is 0 Å². The van der Waals surface area contributed by atoms with E-state index in [9.17, 15) is 9.59 Å². The van der Waals surface area contributed by atoms with E-state index < -0.39 is 5.97 Å². The first-order chi connectivity index (χ1) is 14.9. The first kappa shape index (κ1) is 21.3. The number of carbonyl (C=O) groups excluding carboxylic acids is 2. The minimum Gasteiger partial charge on any atom is -0.497 e. The second-order valence-corrected chi connectivity index (χ2v) is 7.87. The SMILES string of the molecule is CCOC(=O)C1=CN(C(=O)c2ccc(Cl)cc2Cl)CCc2c1[nH]c1ccc(OC)cc21. The van der Waals surface area contributed by atoms with Crippen molar-refractivity contribution in [3.05, 3.63) is 69.5 Å². The maximum absolute atomic E-state index is 13.2. The Morgan fingerprint density at radius 2 is 1.97 bits per heavy atom. The van der Waals surface area contributed by atoms with Crippen molar-refractivity contribution < 1.29 is 19.1 Å². The molecule has 1 amide bonds. The van der Waals surface area contributed by atoms with Crippen LogP contribution in [0.5, 0.6) is 5.75 Å². The molecule has 8 heteroatoms. The van der Waals surface area contributed by atoms with E-state index in [2.05, 4.69) is 4.98 Å². The number of carbonyl (C=O) groups is 2. The van der Waals surface area contributed by atoms with Crippen molar-refractivity contribution in [3.63, 3.8) is 0 Å². The van der Waals surface area contributed by atoms with Crippen molar-refractivity contribution in [2.75, 3.05) is 20.3 Å². The van der Waals surface area contributed by atoms with E-state index in [1.807, 2.05) is 18.2 Å². The summed E-state index contributed by atoms with van der Waals surface area (Å²) >= 11 is 12.2. The van der Waals surface area contributed by atoms with E-state index >= 15 is 0 Å². The summed E-state index contributed by atoms with van der Waals surface area (Å²) in [6.45, 7) is 2.32. The van der Waals surface area contributed by atoms with Crippen molar-refractivity contribution >= 4 is 51.6 Å². The van der Waals surface area contributed by atoms with Gasteiger partial charge in [-0.1, -0.05) is 23.2 Å². The lowest BCUT2D eigenvalue weighted by atomic mass is 10.0. The van der Waals surface area contributed by atoms with Crippen LogP contribution >= 0.6 is 23.2 Å². The largest absolute Gasteiger partial charge is 0.497 e. The molecule has 4 rings (SSSR count). The number of halogens is 2. The van der Waals surface area contributed by atoms with Gasteiger partial charge in [0.1, 0.15) is 5.75 Å². The molecule has 0 bridgehead atoms. The normalized spacial score (nSPS) is 13.4. The van der Waals surface area contributed by atoms with Crippen LogP contribution in [0, 0.1) is 0 Å². The number of hydrogen-bond acceptors (Lipinski definition) is 4. The average molecular weight is 459 g/mol. The molecule has 1 aliphatic rings. The molecule has 2 aromatic carbocycles. The summed E-state index contributed by atoms with van der Waals surface area (Å²) in [5.41, 5.74) is 3.02. The summed E-state index contributed by atoms with van der Waals surface area (Å²) < 4.78 is 10.6. The second-order valence-electron chi connectivity index (χ2n) is 7.03. The standard InChI is InChI=1S/C23H20Cl2N2O4/c1-3-31-23(29)18-12-27(22(28)16-6-4-13(24)10-19(16)25)9-8-15-17-11-14(30-2)5-7-20(17)26-21(15)18/h4-7,10-12,26H,3,8-9H2,1-2H3. The summed E-state index contributed by atoms with van der Waals surface area (Å²) in [5.74, 6) is -0.124. The molecule has 1 N–H and O–H groups in total. The second kappa shape index (κ2) is 8.65. The number of H-pyrrole nitrogens is 1. The fourth-order valence-electron chi connectivity index (χ4n) is 3.70. The third-order valence-corrected chi connectivity index (χ3v) is 5.74. The topological polar surface area (TPSA) is 71.6 Å². The number of aromatic nitrogens is 1. The van der Waals surface area contributed by atoms with Gasteiger partial charge in [0.05, 0.1) is 35.6 Å². The van der Waals surface area contributed by atoms with Gasteiger partial charge < -0.3 is 19.4 Å². The number of rotatable bonds is 4. The number of amides is 1. The quantitative estimate of drug-likeness (QED) is 0.552. The third-order valence-electron chi connectivity index (χ3n) is 5.19. The van der Waals surface area contributed by atoms with E-state index in [-0.39, 0.29) is 23.1 Å². The molecule has 0 atom stereocenters. The number of nitrogens with zero attached hydrogens (tertiary/aromatic N) is 1. The number of hydrogen-bond donors (Lipinski definition) is 1. The van der Waals surface area contributed by atoms with Crippen molar-refractivity contribution in [1.29, 1.82) is 0 Å². The first-order valence-corrected chi connectivity index (χ1v) is 10.5. The Morgan fingerprint density at radius 3 is 2.68 bits per heavy atom. The van der Waals surface area contributed by atoms with Gasteiger partial charge in [-0.2, -0.15) is 0 Å². The van der Waals surface area contributed by atoms with E-state index in [1.165, 1.54) is 17.2 Å². The smallest absolute Gasteiger partial charge is 0.341 e. The third kappa shape index (κ3) is 4.01. The molecule has 0 spiro atoms. The molecule has 31 heavy (non-hydrogen) atoms. The van der Waals surface area contributed by atoms with Crippen LogP contribution in [-0.2, 0) is 16.0 Å². The molecule has 0 fully saturated rings.